The second-order valence-corrected chi connectivity index (χ2v) is 3.67. The van der Waals surface area contributed by atoms with Crippen molar-refractivity contribution < 1.29 is 9.90 Å². The van der Waals surface area contributed by atoms with Gasteiger partial charge in [-0.25, -0.2) is 4.79 Å². The third kappa shape index (κ3) is 2.07. The van der Waals surface area contributed by atoms with Gasteiger partial charge in [0, 0.05) is 11.1 Å². The topological polar surface area (TPSA) is 37.3 Å². The Hall–Kier alpha value is -1.80. The van der Waals surface area contributed by atoms with Crippen LogP contribution in [0.4, 0.5) is 0 Å². The number of hydrogen-bond acceptors (Lipinski definition) is 1. The Bertz CT molecular complexity index is 521. The van der Waals surface area contributed by atoms with Crippen molar-refractivity contribution in [1.82, 2.24) is 0 Å². The summed E-state index contributed by atoms with van der Waals surface area (Å²) in [6.07, 6.45) is 0. The van der Waals surface area contributed by atoms with Crippen molar-refractivity contribution in [3.05, 3.63) is 59.1 Å². The number of carboxylic acids is 1. The highest BCUT2D eigenvalue weighted by atomic mass is 35.5. The molecule has 0 bridgehead atoms. The summed E-state index contributed by atoms with van der Waals surface area (Å²) in [7, 11) is 0. The average Bonchev–Trinajstić information content (AvgIpc) is 2.30. The molecule has 3 heteroatoms. The molecule has 1 N–H and O–H groups in total. The molecule has 16 heavy (non-hydrogen) atoms. The van der Waals surface area contributed by atoms with Gasteiger partial charge in [-0.1, -0.05) is 48.0 Å². The lowest BCUT2D eigenvalue weighted by Crippen LogP contribution is -1.99. The van der Waals surface area contributed by atoms with Crippen LogP contribution in [0.1, 0.15) is 10.4 Å². The van der Waals surface area contributed by atoms with Crippen molar-refractivity contribution in [3.63, 3.8) is 0 Å². The predicted molar refractivity (Wildman–Crippen MR) is 62.7 cm³/mol. The lowest BCUT2D eigenvalue weighted by atomic mass is 10.00. The normalized spacial score (nSPS) is 10.1. The summed E-state index contributed by atoms with van der Waals surface area (Å²) >= 11 is 5.73. The quantitative estimate of drug-likeness (QED) is 0.859. The van der Waals surface area contributed by atoms with Gasteiger partial charge in [-0.2, -0.15) is 0 Å². The van der Waals surface area contributed by atoms with E-state index < -0.39 is 5.97 Å². The third-order valence-corrected chi connectivity index (χ3v) is 2.43. The van der Waals surface area contributed by atoms with Gasteiger partial charge >= 0.3 is 5.97 Å². The molecular weight excluding hydrogens is 224 g/mol. The van der Waals surface area contributed by atoms with Gasteiger partial charge in [-0.05, 0) is 17.2 Å². The van der Waals surface area contributed by atoms with E-state index in [0.717, 1.165) is 5.56 Å². The van der Waals surface area contributed by atoms with Crippen LogP contribution in [0, 0.1) is 6.07 Å². The first-order valence-electron chi connectivity index (χ1n) is 4.69. The van der Waals surface area contributed by atoms with Gasteiger partial charge in [0.1, 0.15) is 0 Å². The molecule has 2 nitrogen and oxygen atoms in total. The van der Waals surface area contributed by atoms with Crippen molar-refractivity contribution in [2.45, 2.75) is 0 Å². The van der Waals surface area contributed by atoms with Crippen LogP contribution in [0.15, 0.2) is 42.5 Å². The largest absolute Gasteiger partial charge is 0.478 e. The number of halogens is 1. The predicted octanol–water partition coefficient (Wildman–Crippen LogP) is 3.51. The minimum Gasteiger partial charge on any atom is -0.478 e. The third-order valence-electron chi connectivity index (χ3n) is 2.21. The van der Waals surface area contributed by atoms with E-state index >= 15 is 0 Å². The Morgan fingerprint density at radius 2 is 1.81 bits per heavy atom. The van der Waals surface area contributed by atoms with Gasteiger partial charge < -0.3 is 5.11 Å². The summed E-state index contributed by atoms with van der Waals surface area (Å²) in [4.78, 5) is 11.1. The van der Waals surface area contributed by atoms with Crippen LogP contribution in [-0.4, -0.2) is 11.1 Å². The van der Waals surface area contributed by atoms with Crippen LogP contribution in [0.25, 0.3) is 11.1 Å². The molecule has 0 unspecified atom stereocenters. The molecule has 2 aromatic rings. The molecule has 0 aliphatic carbocycles. The van der Waals surface area contributed by atoms with Crippen molar-refractivity contribution in [1.29, 1.82) is 0 Å². The highest BCUT2D eigenvalue weighted by molar-refractivity contribution is 6.30. The van der Waals surface area contributed by atoms with Crippen molar-refractivity contribution >= 4 is 17.6 Å². The molecule has 79 valence electrons. The maximum Gasteiger partial charge on any atom is 0.337 e. The van der Waals surface area contributed by atoms with Crippen LogP contribution in [0.2, 0.25) is 5.02 Å². The SMILES string of the molecule is O=C(O)c1[c]c(Cl)ccc1-c1ccccc1. The number of hydrogen-bond donors (Lipinski definition) is 1. The van der Waals surface area contributed by atoms with E-state index in [0.29, 0.717) is 10.6 Å². The molecule has 1 radical (unpaired) electrons. The molecule has 0 aromatic heterocycles. The van der Waals surface area contributed by atoms with E-state index in [9.17, 15) is 4.79 Å². The summed E-state index contributed by atoms with van der Waals surface area (Å²) < 4.78 is 0. The van der Waals surface area contributed by atoms with E-state index in [1.165, 1.54) is 0 Å². The smallest absolute Gasteiger partial charge is 0.337 e. The highest BCUT2D eigenvalue weighted by Gasteiger charge is 2.12. The summed E-state index contributed by atoms with van der Waals surface area (Å²) in [6.45, 7) is 0. The Labute approximate surface area is 98.1 Å². The highest BCUT2D eigenvalue weighted by Crippen LogP contribution is 2.25. The Morgan fingerprint density at radius 1 is 1.12 bits per heavy atom. The molecule has 0 aliphatic rings. The molecular formula is C13H8ClO2. The van der Waals surface area contributed by atoms with Gasteiger partial charge in [0.25, 0.3) is 0 Å². The van der Waals surface area contributed by atoms with E-state index in [4.69, 9.17) is 16.7 Å². The minimum absolute atomic E-state index is 0.0960. The molecule has 0 fully saturated rings. The summed E-state index contributed by atoms with van der Waals surface area (Å²) in [5, 5.41) is 9.36. The first kappa shape index (κ1) is 10.7. The van der Waals surface area contributed by atoms with Crippen LogP contribution < -0.4 is 0 Å². The fourth-order valence-corrected chi connectivity index (χ4v) is 1.65. The monoisotopic (exact) mass is 231 g/mol. The summed E-state index contributed by atoms with van der Waals surface area (Å²) in [5.41, 5.74) is 1.56. The van der Waals surface area contributed by atoms with Gasteiger partial charge in [0.05, 0.1) is 5.56 Å². The van der Waals surface area contributed by atoms with Gasteiger partial charge in [0.2, 0.25) is 0 Å². The average molecular weight is 232 g/mol. The van der Waals surface area contributed by atoms with Crippen molar-refractivity contribution in [3.8, 4) is 11.1 Å². The maximum absolute atomic E-state index is 11.1. The molecule has 2 rings (SSSR count). The molecule has 0 heterocycles. The van der Waals surface area contributed by atoms with Crippen LogP contribution in [0.5, 0.6) is 0 Å². The Balaban J connectivity index is 2.61. The summed E-state index contributed by atoms with van der Waals surface area (Å²) in [6, 6.07) is 15.3. The van der Waals surface area contributed by atoms with Gasteiger partial charge in [0.15, 0.2) is 0 Å². The molecule has 0 saturated carbocycles. The molecule has 0 atom stereocenters. The molecule has 2 aromatic carbocycles. The number of rotatable bonds is 2. The first-order chi connectivity index (χ1) is 7.68. The second-order valence-electron chi connectivity index (χ2n) is 3.27. The number of carboxylic acid groups (broad SMARTS) is 1. The van der Waals surface area contributed by atoms with Crippen molar-refractivity contribution in [2.75, 3.05) is 0 Å². The second kappa shape index (κ2) is 4.37. The first-order valence-corrected chi connectivity index (χ1v) is 5.07. The van der Waals surface area contributed by atoms with E-state index in [1.54, 1.807) is 12.1 Å². The number of aromatic carboxylic acids is 1. The summed E-state index contributed by atoms with van der Waals surface area (Å²) in [5.74, 6) is -1.03. The molecule has 0 amide bonds. The van der Waals surface area contributed by atoms with E-state index in [2.05, 4.69) is 6.07 Å². The fraction of sp³-hybridized carbons (Fsp3) is 0. The Kier molecular flexibility index (Phi) is 2.93. The maximum atomic E-state index is 11.1. The van der Waals surface area contributed by atoms with Crippen LogP contribution in [0.3, 0.4) is 0 Å². The number of benzene rings is 2. The van der Waals surface area contributed by atoms with Crippen molar-refractivity contribution in [2.24, 2.45) is 0 Å². The molecule has 0 saturated heterocycles. The lowest BCUT2D eigenvalue weighted by Gasteiger charge is -2.05. The lowest BCUT2D eigenvalue weighted by molar-refractivity contribution is 0.0697. The van der Waals surface area contributed by atoms with E-state index in [1.807, 2.05) is 30.3 Å². The fourth-order valence-electron chi connectivity index (χ4n) is 1.50. The Morgan fingerprint density at radius 3 is 2.44 bits per heavy atom. The molecule has 0 spiro atoms. The standard InChI is InChI=1S/C13H8ClO2/c14-10-6-7-11(12(8-10)13(15)16)9-4-2-1-3-5-9/h1-7H,(H,15,16). The minimum atomic E-state index is -1.03. The van der Waals surface area contributed by atoms with Crippen LogP contribution >= 0.6 is 11.6 Å². The van der Waals surface area contributed by atoms with Gasteiger partial charge in [-0.3, -0.25) is 0 Å². The molecule has 0 aliphatic heterocycles. The number of carbonyl (C=O) groups is 1. The van der Waals surface area contributed by atoms with Gasteiger partial charge in [-0.15, -0.1) is 0 Å². The zero-order chi connectivity index (χ0) is 11.5. The van der Waals surface area contributed by atoms with Crippen LogP contribution in [-0.2, 0) is 0 Å². The zero-order valence-corrected chi connectivity index (χ0v) is 9.03. The zero-order valence-electron chi connectivity index (χ0n) is 8.27. The van der Waals surface area contributed by atoms with E-state index in [-0.39, 0.29) is 5.56 Å².